The zero-order chi connectivity index (χ0) is 24.3. The SMILES string of the molecule is Cc1ccc(CN2CCCC(CO)C2)cc1S1(=O)(O)N(C)c2ncccc2N1CC1CC1(F)F. The molecule has 1 aromatic carbocycles. The highest BCUT2D eigenvalue weighted by molar-refractivity contribution is 8.17. The third-order valence-corrected chi connectivity index (χ3v) is 11.0. The van der Waals surface area contributed by atoms with Crippen molar-refractivity contribution in [2.24, 2.45) is 11.8 Å². The Morgan fingerprint density at radius 2 is 2.06 bits per heavy atom. The van der Waals surface area contributed by atoms with Crippen molar-refractivity contribution in [3.8, 4) is 0 Å². The Balaban J connectivity index is 1.55. The smallest absolute Gasteiger partial charge is 0.253 e. The molecule has 3 aliphatic rings. The molecule has 1 saturated heterocycles. The second-order valence-corrected chi connectivity index (χ2v) is 13.0. The van der Waals surface area contributed by atoms with Crippen LogP contribution >= 0.6 is 0 Å². The van der Waals surface area contributed by atoms with Crippen LogP contribution in [0.3, 0.4) is 0 Å². The van der Waals surface area contributed by atoms with Crippen LogP contribution in [0, 0.1) is 18.8 Å². The fourth-order valence-corrected chi connectivity index (χ4v) is 8.52. The van der Waals surface area contributed by atoms with E-state index in [0.29, 0.717) is 23.6 Å². The van der Waals surface area contributed by atoms with Gasteiger partial charge >= 0.3 is 0 Å². The van der Waals surface area contributed by atoms with Gasteiger partial charge in [-0.2, -0.15) is 4.21 Å². The number of aryl methyl sites for hydroxylation is 1. The van der Waals surface area contributed by atoms with Gasteiger partial charge in [-0.3, -0.25) is 13.8 Å². The molecule has 10 heteroatoms. The number of hydrogen-bond acceptors (Lipinski definition) is 4. The molecule has 0 radical (unpaired) electrons. The normalized spacial score (nSPS) is 28.2. The number of anilines is 2. The van der Waals surface area contributed by atoms with E-state index < -0.39 is 21.6 Å². The Morgan fingerprint density at radius 3 is 2.76 bits per heavy atom. The van der Waals surface area contributed by atoms with E-state index in [4.69, 9.17) is 0 Å². The van der Waals surface area contributed by atoms with Gasteiger partial charge in [-0.15, -0.1) is 0 Å². The lowest BCUT2D eigenvalue weighted by Crippen LogP contribution is -2.58. The molecule has 7 nitrogen and oxygen atoms in total. The number of alkyl halides is 2. The summed E-state index contributed by atoms with van der Waals surface area (Å²) in [4.78, 5) is 6.78. The largest absolute Gasteiger partial charge is 0.396 e. The van der Waals surface area contributed by atoms with E-state index in [1.54, 1.807) is 25.1 Å². The number of rotatable bonds is 6. The number of nitrogens with zero attached hydrogens (tertiary/aromatic N) is 4. The number of halogens is 2. The van der Waals surface area contributed by atoms with Crippen LogP contribution in [0.5, 0.6) is 0 Å². The highest BCUT2D eigenvalue weighted by atomic mass is 32.3. The van der Waals surface area contributed by atoms with Gasteiger partial charge in [0, 0.05) is 51.8 Å². The number of fused-ring (bicyclic) bond motifs is 1. The summed E-state index contributed by atoms with van der Waals surface area (Å²) in [6.45, 7) is 3.95. The van der Waals surface area contributed by atoms with Crippen molar-refractivity contribution in [3.63, 3.8) is 0 Å². The van der Waals surface area contributed by atoms with Crippen molar-refractivity contribution < 1.29 is 22.6 Å². The number of hydrogen-bond donors (Lipinski definition) is 2. The molecule has 2 N–H and O–H groups in total. The summed E-state index contributed by atoms with van der Waals surface area (Å²) in [7, 11) is -3.46. The Morgan fingerprint density at radius 1 is 1.29 bits per heavy atom. The summed E-state index contributed by atoms with van der Waals surface area (Å²) in [6, 6.07) is 8.83. The molecule has 0 amide bonds. The van der Waals surface area contributed by atoms with E-state index >= 15 is 0 Å². The summed E-state index contributed by atoms with van der Waals surface area (Å²) in [5.41, 5.74) is 1.87. The zero-order valence-corrected chi connectivity index (χ0v) is 20.3. The first-order chi connectivity index (χ1) is 16.0. The van der Waals surface area contributed by atoms with Crippen molar-refractivity contribution >= 4 is 21.2 Å². The number of benzene rings is 1. The highest BCUT2D eigenvalue weighted by Gasteiger charge is 2.61. The summed E-state index contributed by atoms with van der Waals surface area (Å²) >= 11 is 0. The lowest BCUT2D eigenvalue weighted by molar-refractivity contribution is 0.101. The van der Waals surface area contributed by atoms with Crippen molar-refractivity contribution in [1.29, 1.82) is 0 Å². The Labute approximate surface area is 198 Å². The minimum Gasteiger partial charge on any atom is -0.396 e. The van der Waals surface area contributed by atoms with E-state index in [2.05, 4.69) is 9.88 Å². The Hall–Kier alpha value is -2.14. The van der Waals surface area contributed by atoms with Crippen LogP contribution in [0.15, 0.2) is 41.4 Å². The fraction of sp³-hybridized carbons (Fsp3) is 0.542. The number of aromatic nitrogens is 1. The predicted octanol–water partition coefficient (Wildman–Crippen LogP) is 3.69. The average Bonchev–Trinajstić information content (AvgIpc) is 3.38. The number of aliphatic hydroxyl groups excluding tert-OH is 1. The first kappa shape index (κ1) is 23.6. The Kier molecular flexibility index (Phi) is 5.51. The maximum atomic E-state index is 14.9. The fourth-order valence-electron chi connectivity index (χ4n) is 5.30. The lowest BCUT2D eigenvalue weighted by Gasteiger charge is -2.52. The first-order valence-corrected chi connectivity index (χ1v) is 13.6. The number of likely N-dealkylation sites (tertiary alicyclic amines) is 1. The van der Waals surface area contributed by atoms with Crippen LogP contribution in [0.1, 0.15) is 30.4 Å². The van der Waals surface area contributed by atoms with Crippen LogP contribution in [-0.4, -0.2) is 63.0 Å². The Bertz CT molecular complexity index is 1180. The van der Waals surface area contributed by atoms with Gasteiger partial charge in [-0.05, 0) is 71.3 Å². The number of pyridine rings is 1. The van der Waals surface area contributed by atoms with Crippen LogP contribution in [0.4, 0.5) is 20.3 Å². The first-order valence-electron chi connectivity index (χ1n) is 11.7. The van der Waals surface area contributed by atoms with E-state index in [1.165, 1.54) is 21.9 Å². The summed E-state index contributed by atoms with van der Waals surface area (Å²) in [6.07, 6.45) is 3.24. The highest BCUT2D eigenvalue weighted by Crippen LogP contribution is 2.57. The molecule has 34 heavy (non-hydrogen) atoms. The molecule has 0 bridgehead atoms. The van der Waals surface area contributed by atoms with Gasteiger partial charge in [0.15, 0.2) is 5.82 Å². The van der Waals surface area contributed by atoms with Gasteiger partial charge in [-0.25, -0.2) is 18.1 Å². The maximum Gasteiger partial charge on any atom is 0.253 e. The molecule has 1 aliphatic carbocycles. The summed E-state index contributed by atoms with van der Waals surface area (Å²) in [5, 5.41) is 9.56. The molecular formula is C24H32F2N4O3S. The third kappa shape index (κ3) is 3.62. The summed E-state index contributed by atoms with van der Waals surface area (Å²) < 4.78 is 57.5. The van der Waals surface area contributed by atoms with Crippen LogP contribution in [0.25, 0.3) is 0 Å². The average molecular weight is 495 g/mol. The molecule has 0 spiro atoms. The van der Waals surface area contributed by atoms with Crippen molar-refractivity contribution in [2.45, 2.75) is 43.5 Å². The van der Waals surface area contributed by atoms with Crippen LogP contribution < -0.4 is 8.61 Å². The number of piperidine rings is 1. The lowest BCUT2D eigenvalue weighted by atomic mass is 9.98. The topological polar surface area (TPSA) is 80.1 Å². The molecule has 1 aromatic heterocycles. The van der Waals surface area contributed by atoms with Crippen molar-refractivity contribution in [3.05, 3.63) is 47.7 Å². The quantitative estimate of drug-likeness (QED) is 0.640. The third-order valence-electron chi connectivity index (χ3n) is 7.47. The zero-order valence-electron chi connectivity index (χ0n) is 19.5. The van der Waals surface area contributed by atoms with Gasteiger partial charge in [0.05, 0.1) is 4.90 Å². The molecule has 3 heterocycles. The van der Waals surface area contributed by atoms with Crippen LogP contribution in [-0.2, 0) is 16.3 Å². The van der Waals surface area contributed by atoms with E-state index in [-0.39, 0.29) is 30.4 Å². The van der Waals surface area contributed by atoms with Gasteiger partial charge < -0.3 is 5.11 Å². The molecular weight excluding hydrogens is 462 g/mol. The second-order valence-electron chi connectivity index (χ2n) is 9.92. The van der Waals surface area contributed by atoms with E-state index in [0.717, 1.165) is 31.5 Å². The molecule has 2 aliphatic heterocycles. The standard InChI is InChI=1S/C24H32F2N4O3S/c1-17-7-8-18(13-29-10-4-5-19(14-29)16-31)11-22(17)34(32,33)28(2)23-21(6-3-9-27-23)30(34)15-20-12-24(20,25)26/h3,6-9,11,19-20,31H,4-5,10,12-16H2,1-2H3,(H,32,33). The molecule has 1 saturated carbocycles. The van der Waals surface area contributed by atoms with Gasteiger partial charge in [0.2, 0.25) is 0 Å². The maximum absolute atomic E-state index is 14.9. The van der Waals surface area contributed by atoms with Crippen molar-refractivity contribution in [2.75, 3.05) is 41.9 Å². The van der Waals surface area contributed by atoms with E-state index in [9.17, 15) is 22.6 Å². The van der Waals surface area contributed by atoms with Crippen molar-refractivity contribution in [1.82, 2.24) is 9.88 Å². The molecule has 186 valence electrons. The predicted molar refractivity (Wildman–Crippen MR) is 128 cm³/mol. The molecule has 5 rings (SSSR count). The van der Waals surface area contributed by atoms with Gasteiger partial charge in [-0.1, -0.05) is 12.1 Å². The molecule has 2 fully saturated rings. The van der Waals surface area contributed by atoms with Gasteiger partial charge in [0.1, 0.15) is 5.69 Å². The minimum atomic E-state index is -4.97. The van der Waals surface area contributed by atoms with Gasteiger partial charge in [0.25, 0.3) is 5.92 Å². The molecule has 2 atom stereocenters. The minimum absolute atomic E-state index is 0.152. The van der Waals surface area contributed by atoms with Crippen LogP contribution in [0.2, 0.25) is 0 Å². The number of aliphatic hydroxyl groups is 1. The van der Waals surface area contributed by atoms with E-state index in [1.807, 2.05) is 12.1 Å². The second kappa shape index (κ2) is 7.94. The molecule has 2 unspecified atom stereocenters. The molecule has 2 aromatic rings. The monoisotopic (exact) mass is 494 g/mol. The summed E-state index contributed by atoms with van der Waals surface area (Å²) in [5.74, 6) is -3.26.